The molecule has 2 heterocycles. The number of halogens is 1. The van der Waals surface area contributed by atoms with Gasteiger partial charge in [-0.05, 0) is 24.3 Å². The van der Waals surface area contributed by atoms with Crippen molar-refractivity contribution in [2.24, 2.45) is 0 Å². The Morgan fingerprint density at radius 3 is 2.92 bits per heavy atom. The summed E-state index contributed by atoms with van der Waals surface area (Å²) in [5, 5.41) is 8.05. The van der Waals surface area contributed by atoms with Gasteiger partial charge in [-0.1, -0.05) is 6.07 Å². The molecule has 0 spiro atoms. The lowest BCUT2D eigenvalue weighted by Gasteiger charge is -2.24. The molecule has 0 aliphatic carbocycles. The van der Waals surface area contributed by atoms with E-state index in [0.717, 1.165) is 24.3 Å². The lowest BCUT2D eigenvalue weighted by Crippen LogP contribution is -2.47. The summed E-state index contributed by atoms with van der Waals surface area (Å²) in [6.45, 7) is 3.36. The van der Waals surface area contributed by atoms with Gasteiger partial charge >= 0.3 is 0 Å². The number of carbonyl (C=O) groups is 2. The van der Waals surface area contributed by atoms with Crippen LogP contribution < -0.4 is 10.6 Å². The van der Waals surface area contributed by atoms with E-state index in [1.165, 1.54) is 0 Å². The van der Waals surface area contributed by atoms with Gasteiger partial charge in [0.25, 0.3) is 0 Å². The van der Waals surface area contributed by atoms with Gasteiger partial charge in [-0.25, -0.2) is 0 Å². The van der Waals surface area contributed by atoms with E-state index in [9.17, 15) is 9.59 Å². The summed E-state index contributed by atoms with van der Waals surface area (Å²) < 4.78 is 4.94. The van der Waals surface area contributed by atoms with Crippen molar-refractivity contribution < 1.29 is 14.3 Å². The molecule has 1 fully saturated rings. The van der Waals surface area contributed by atoms with E-state index in [1.54, 1.807) is 23.3 Å². The van der Waals surface area contributed by atoms with Crippen molar-refractivity contribution in [3.8, 4) is 0 Å². The number of likely N-dealkylation sites (tertiary alicyclic amines) is 1. The van der Waals surface area contributed by atoms with Gasteiger partial charge in [-0.3, -0.25) is 9.59 Å². The molecule has 2 N–H and O–H groups in total. The highest BCUT2D eigenvalue weighted by Crippen LogP contribution is 2.20. The van der Waals surface area contributed by atoms with Crippen LogP contribution in [0.4, 0.5) is 0 Å². The standard InChI is InChI=1S/C16H25N3O3S.ClH/c1-22-10-8-17-6-7-18-16(21)14-5-2-9-19(14)15(20)12-13-4-3-11-23-13;/h3-4,11,14,17H,2,5-10,12H2,1H3,(H,18,21);1H. The van der Waals surface area contributed by atoms with E-state index in [2.05, 4.69) is 10.6 Å². The van der Waals surface area contributed by atoms with Crippen LogP contribution in [-0.2, 0) is 20.7 Å². The maximum atomic E-state index is 12.4. The smallest absolute Gasteiger partial charge is 0.242 e. The largest absolute Gasteiger partial charge is 0.383 e. The molecule has 1 unspecified atom stereocenters. The number of nitrogens with zero attached hydrogens (tertiary/aromatic N) is 1. The summed E-state index contributed by atoms with van der Waals surface area (Å²) in [7, 11) is 1.66. The summed E-state index contributed by atoms with van der Waals surface area (Å²) in [4.78, 5) is 27.5. The van der Waals surface area contributed by atoms with Crippen LogP contribution in [0.5, 0.6) is 0 Å². The molecule has 136 valence electrons. The molecule has 24 heavy (non-hydrogen) atoms. The van der Waals surface area contributed by atoms with Crippen LogP contribution in [0.3, 0.4) is 0 Å². The molecule has 6 nitrogen and oxygen atoms in total. The van der Waals surface area contributed by atoms with Crippen LogP contribution >= 0.6 is 23.7 Å². The van der Waals surface area contributed by atoms with Crippen LogP contribution in [0.2, 0.25) is 0 Å². The number of ether oxygens (including phenoxy) is 1. The van der Waals surface area contributed by atoms with E-state index >= 15 is 0 Å². The van der Waals surface area contributed by atoms with Crippen molar-refractivity contribution in [3.05, 3.63) is 22.4 Å². The second-order valence-electron chi connectivity index (χ2n) is 5.54. The Bertz CT molecular complexity index is 499. The summed E-state index contributed by atoms with van der Waals surface area (Å²) >= 11 is 1.58. The number of nitrogens with one attached hydrogen (secondary N) is 2. The maximum Gasteiger partial charge on any atom is 0.242 e. The molecule has 0 radical (unpaired) electrons. The molecule has 2 amide bonds. The van der Waals surface area contributed by atoms with Crippen molar-refractivity contribution in [2.75, 3.05) is 39.9 Å². The predicted octanol–water partition coefficient (Wildman–Crippen LogP) is 1.06. The number of methoxy groups -OCH3 is 1. The van der Waals surface area contributed by atoms with E-state index in [1.807, 2.05) is 17.5 Å². The molecule has 1 atom stereocenters. The number of rotatable bonds is 9. The van der Waals surface area contributed by atoms with Gasteiger partial charge < -0.3 is 20.3 Å². The third-order valence-corrected chi connectivity index (χ3v) is 4.74. The first kappa shape index (κ1) is 20.9. The number of hydrogen-bond acceptors (Lipinski definition) is 5. The molecule has 2 rings (SSSR count). The highest BCUT2D eigenvalue weighted by Gasteiger charge is 2.33. The van der Waals surface area contributed by atoms with Crippen LogP contribution in [-0.4, -0.2) is 62.7 Å². The molecule has 1 aromatic rings. The monoisotopic (exact) mass is 375 g/mol. The Kier molecular flexibility index (Phi) is 9.94. The molecule has 1 aromatic heterocycles. The topological polar surface area (TPSA) is 70.7 Å². The van der Waals surface area contributed by atoms with Crippen LogP contribution in [0, 0.1) is 0 Å². The molecule has 1 aliphatic rings. The third-order valence-electron chi connectivity index (χ3n) is 3.87. The van der Waals surface area contributed by atoms with Crippen molar-refractivity contribution in [1.82, 2.24) is 15.5 Å². The Labute approximate surface area is 153 Å². The van der Waals surface area contributed by atoms with E-state index < -0.39 is 0 Å². The molecule has 1 aliphatic heterocycles. The average Bonchev–Trinajstić information content (AvgIpc) is 3.21. The van der Waals surface area contributed by atoms with Gasteiger partial charge in [0.1, 0.15) is 6.04 Å². The van der Waals surface area contributed by atoms with Crippen LogP contribution in [0.1, 0.15) is 17.7 Å². The van der Waals surface area contributed by atoms with Gasteiger partial charge in [-0.15, -0.1) is 23.7 Å². The second-order valence-corrected chi connectivity index (χ2v) is 6.57. The lowest BCUT2D eigenvalue weighted by molar-refractivity contribution is -0.137. The highest BCUT2D eigenvalue weighted by molar-refractivity contribution is 7.10. The van der Waals surface area contributed by atoms with Crippen molar-refractivity contribution in [1.29, 1.82) is 0 Å². The Morgan fingerprint density at radius 1 is 1.38 bits per heavy atom. The van der Waals surface area contributed by atoms with Crippen molar-refractivity contribution in [2.45, 2.75) is 25.3 Å². The molecule has 0 saturated carbocycles. The number of hydrogen-bond donors (Lipinski definition) is 2. The van der Waals surface area contributed by atoms with E-state index in [0.29, 0.717) is 32.7 Å². The predicted molar refractivity (Wildman–Crippen MR) is 97.8 cm³/mol. The minimum absolute atomic E-state index is 0. The van der Waals surface area contributed by atoms with Gasteiger partial charge in [0.15, 0.2) is 0 Å². The third kappa shape index (κ3) is 6.39. The first-order valence-electron chi connectivity index (χ1n) is 8.01. The zero-order valence-corrected chi connectivity index (χ0v) is 15.6. The van der Waals surface area contributed by atoms with Crippen LogP contribution in [0.15, 0.2) is 17.5 Å². The zero-order valence-electron chi connectivity index (χ0n) is 14.0. The van der Waals surface area contributed by atoms with Crippen molar-refractivity contribution in [3.63, 3.8) is 0 Å². The van der Waals surface area contributed by atoms with Gasteiger partial charge in [0.2, 0.25) is 11.8 Å². The fourth-order valence-electron chi connectivity index (χ4n) is 2.69. The van der Waals surface area contributed by atoms with Gasteiger partial charge in [0.05, 0.1) is 13.0 Å². The molecular weight excluding hydrogens is 350 g/mol. The van der Waals surface area contributed by atoms with Gasteiger partial charge in [-0.2, -0.15) is 0 Å². The van der Waals surface area contributed by atoms with Crippen LogP contribution in [0.25, 0.3) is 0 Å². The van der Waals surface area contributed by atoms with Crippen molar-refractivity contribution >= 4 is 35.6 Å². The number of carbonyl (C=O) groups excluding carboxylic acids is 2. The normalized spacial score (nSPS) is 16.7. The fraction of sp³-hybridized carbons (Fsp3) is 0.625. The summed E-state index contributed by atoms with van der Waals surface area (Å²) in [6.07, 6.45) is 2.03. The van der Waals surface area contributed by atoms with Gasteiger partial charge in [0, 0.05) is 38.2 Å². The Hall–Kier alpha value is -1.15. The molecule has 1 saturated heterocycles. The quantitative estimate of drug-likeness (QED) is 0.633. The number of amides is 2. The average molecular weight is 376 g/mol. The Balaban J connectivity index is 0.00000288. The second kappa shape index (κ2) is 11.4. The Morgan fingerprint density at radius 2 is 2.21 bits per heavy atom. The SMILES string of the molecule is COCCNCCNC(=O)C1CCCN1C(=O)Cc1cccs1.Cl. The highest BCUT2D eigenvalue weighted by atomic mass is 35.5. The van der Waals surface area contributed by atoms with E-state index in [4.69, 9.17) is 4.74 Å². The molecule has 0 aromatic carbocycles. The number of thiophene rings is 1. The van der Waals surface area contributed by atoms with E-state index in [-0.39, 0.29) is 30.3 Å². The first-order valence-corrected chi connectivity index (χ1v) is 8.89. The minimum atomic E-state index is -0.318. The lowest BCUT2D eigenvalue weighted by atomic mass is 10.2. The molecule has 8 heteroatoms. The first-order chi connectivity index (χ1) is 11.2. The molecular formula is C16H26ClN3O3S. The molecule has 0 bridgehead atoms. The zero-order chi connectivity index (χ0) is 16.5. The minimum Gasteiger partial charge on any atom is -0.383 e. The summed E-state index contributed by atoms with van der Waals surface area (Å²) in [5.74, 6) is -0.00103. The summed E-state index contributed by atoms with van der Waals surface area (Å²) in [5.41, 5.74) is 0. The summed E-state index contributed by atoms with van der Waals surface area (Å²) in [6, 6.07) is 3.58. The fourth-order valence-corrected chi connectivity index (χ4v) is 3.39. The maximum absolute atomic E-state index is 12.4.